The predicted octanol–water partition coefficient (Wildman–Crippen LogP) is 3.74. The van der Waals surface area contributed by atoms with Gasteiger partial charge >= 0.3 is 0 Å². The van der Waals surface area contributed by atoms with E-state index in [2.05, 4.69) is 5.32 Å². The van der Waals surface area contributed by atoms with Crippen LogP contribution in [-0.2, 0) is 4.79 Å². The van der Waals surface area contributed by atoms with Crippen LogP contribution in [0.1, 0.15) is 38.2 Å². The van der Waals surface area contributed by atoms with Gasteiger partial charge in [0.2, 0.25) is 0 Å². The van der Waals surface area contributed by atoms with E-state index in [0.29, 0.717) is 12.2 Å². The number of aliphatic hydroxyl groups is 1. The van der Waals surface area contributed by atoms with Gasteiger partial charge in [-0.2, -0.15) is 11.8 Å². The Morgan fingerprint density at radius 3 is 2.52 bits per heavy atom. The summed E-state index contributed by atoms with van der Waals surface area (Å²) in [4.78, 5) is 12.5. The van der Waals surface area contributed by atoms with Gasteiger partial charge in [-0.3, -0.25) is 4.79 Å². The molecule has 140 valence electrons. The van der Waals surface area contributed by atoms with E-state index in [-0.39, 0.29) is 24.5 Å². The molecule has 0 spiro atoms. The number of carbonyl (C=O) groups is 1. The first-order chi connectivity index (χ1) is 11.7. The maximum absolute atomic E-state index is 12.5. The minimum absolute atomic E-state index is 0.0862. The summed E-state index contributed by atoms with van der Waals surface area (Å²) in [6.45, 7) is 3.34. The molecule has 25 heavy (non-hydrogen) atoms. The Kier molecular flexibility index (Phi) is 6.94. The molecule has 1 aliphatic rings. The maximum atomic E-state index is 12.5. The summed E-state index contributed by atoms with van der Waals surface area (Å²) in [5.74, 6) is 1.38. The van der Waals surface area contributed by atoms with E-state index in [9.17, 15) is 9.90 Å². The molecule has 0 bridgehead atoms. The number of aliphatic hydroxyl groups excluding tert-OH is 1. The maximum Gasteiger partial charge on any atom is 0.263 e. The molecule has 1 amide bonds. The Morgan fingerprint density at radius 2 is 2.04 bits per heavy atom. The molecular weight excluding hydrogens is 381 g/mol. The molecule has 0 saturated heterocycles. The Morgan fingerprint density at radius 1 is 1.44 bits per heavy atom. The van der Waals surface area contributed by atoms with Gasteiger partial charge in [0.25, 0.3) is 5.91 Å². The molecule has 7 heteroatoms. The van der Waals surface area contributed by atoms with Crippen molar-refractivity contribution in [1.29, 1.82) is 0 Å². The fourth-order valence-corrected chi connectivity index (χ4v) is 3.59. The first-order valence-electron chi connectivity index (χ1n) is 8.27. The third-order valence-corrected chi connectivity index (χ3v) is 5.73. The van der Waals surface area contributed by atoms with Crippen molar-refractivity contribution in [3.8, 4) is 5.75 Å². The minimum Gasteiger partial charge on any atom is -0.478 e. The van der Waals surface area contributed by atoms with Crippen LogP contribution in [0.25, 0.3) is 0 Å². The summed E-state index contributed by atoms with van der Waals surface area (Å²) < 4.78 is 5.20. The molecule has 0 aliphatic heterocycles. The van der Waals surface area contributed by atoms with E-state index in [1.807, 2.05) is 30.5 Å². The van der Waals surface area contributed by atoms with Crippen molar-refractivity contribution >= 4 is 40.9 Å². The van der Waals surface area contributed by atoms with Crippen molar-refractivity contribution in [3.05, 3.63) is 29.8 Å². The van der Waals surface area contributed by atoms with Crippen LogP contribution in [0.15, 0.2) is 24.3 Å². The first-order valence-corrected chi connectivity index (χ1v) is 10.4. The van der Waals surface area contributed by atoms with E-state index in [0.717, 1.165) is 17.7 Å². The molecule has 2 atom stereocenters. The average molecular weight is 406 g/mol. The van der Waals surface area contributed by atoms with Gasteiger partial charge in [0, 0.05) is 5.92 Å². The fraction of sp³-hybridized carbons (Fsp3) is 0.611. The normalized spacial score (nSPS) is 20.0. The highest BCUT2D eigenvalue weighted by atomic mass is 35.5. The molecule has 1 unspecified atom stereocenters. The van der Waals surface area contributed by atoms with E-state index in [1.54, 1.807) is 25.6 Å². The van der Waals surface area contributed by atoms with Gasteiger partial charge < -0.3 is 15.2 Å². The molecule has 4 nitrogen and oxygen atoms in total. The topological polar surface area (TPSA) is 58.6 Å². The molecule has 0 radical (unpaired) electrons. The number of nitrogens with one attached hydrogen (secondary N) is 1. The Hall–Kier alpha value is -0.620. The van der Waals surface area contributed by atoms with Crippen LogP contribution < -0.4 is 10.1 Å². The Labute approximate surface area is 163 Å². The molecule has 1 saturated carbocycles. The van der Waals surface area contributed by atoms with Crippen molar-refractivity contribution in [1.82, 2.24) is 5.32 Å². The molecule has 1 aliphatic carbocycles. The number of halogens is 2. The first kappa shape index (κ1) is 20.7. The lowest BCUT2D eigenvalue weighted by molar-refractivity contribution is -0.135. The standard InChI is InChI=1S/C18H25Cl2NO3S/c1-17(2,16(23)21-13(11-22)8-9-25-3)24-14-6-4-12(5-7-14)15-10-18(15,19)20/h4-7,13,15,22H,8-11H2,1-3H3,(H,21,23)/t13-,15?/m1/s1. The van der Waals surface area contributed by atoms with Crippen LogP contribution in [0.3, 0.4) is 0 Å². The zero-order valence-corrected chi connectivity index (χ0v) is 17.0. The molecule has 0 aromatic heterocycles. The molecular formula is C18H25Cl2NO3S. The lowest BCUT2D eigenvalue weighted by Gasteiger charge is -2.28. The predicted molar refractivity (Wildman–Crippen MR) is 105 cm³/mol. The largest absolute Gasteiger partial charge is 0.478 e. The van der Waals surface area contributed by atoms with E-state index < -0.39 is 9.93 Å². The van der Waals surface area contributed by atoms with Crippen LogP contribution in [0.5, 0.6) is 5.75 Å². The van der Waals surface area contributed by atoms with Crippen LogP contribution >= 0.6 is 35.0 Å². The van der Waals surface area contributed by atoms with Gasteiger partial charge in [0.1, 0.15) is 10.1 Å². The Balaban J connectivity index is 1.94. The number of amides is 1. The number of thioether (sulfide) groups is 1. The third kappa shape index (κ3) is 5.68. The average Bonchev–Trinajstić information content (AvgIpc) is 3.20. The van der Waals surface area contributed by atoms with Crippen molar-refractivity contribution in [3.63, 3.8) is 0 Å². The third-order valence-electron chi connectivity index (χ3n) is 4.25. The number of ether oxygens (including phenoxy) is 1. The number of alkyl halides is 2. The summed E-state index contributed by atoms with van der Waals surface area (Å²) in [6, 6.07) is 7.24. The van der Waals surface area contributed by atoms with E-state index >= 15 is 0 Å². The van der Waals surface area contributed by atoms with Gasteiger partial charge in [0.15, 0.2) is 5.60 Å². The second kappa shape index (κ2) is 8.38. The summed E-state index contributed by atoms with van der Waals surface area (Å²) >= 11 is 13.9. The van der Waals surface area contributed by atoms with Crippen molar-refractivity contribution in [2.45, 2.75) is 48.6 Å². The van der Waals surface area contributed by atoms with E-state index in [4.69, 9.17) is 27.9 Å². The molecule has 2 N–H and O–H groups in total. The zero-order chi connectivity index (χ0) is 18.7. The molecule has 1 aromatic rings. The number of hydrogen-bond donors (Lipinski definition) is 2. The number of hydrogen-bond acceptors (Lipinski definition) is 4. The van der Waals surface area contributed by atoms with Gasteiger partial charge in [-0.05, 0) is 56.4 Å². The lowest BCUT2D eigenvalue weighted by Crippen LogP contribution is -2.51. The van der Waals surface area contributed by atoms with Crippen molar-refractivity contribution < 1.29 is 14.6 Å². The lowest BCUT2D eigenvalue weighted by atomic mass is 10.1. The highest BCUT2D eigenvalue weighted by molar-refractivity contribution is 7.98. The minimum atomic E-state index is -1.05. The second-order valence-corrected chi connectivity index (χ2v) is 9.36. The highest BCUT2D eigenvalue weighted by Gasteiger charge is 2.52. The van der Waals surface area contributed by atoms with Crippen LogP contribution in [0, 0.1) is 0 Å². The zero-order valence-electron chi connectivity index (χ0n) is 14.7. The van der Waals surface area contributed by atoms with Crippen molar-refractivity contribution in [2.75, 3.05) is 18.6 Å². The molecule has 0 heterocycles. The van der Waals surface area contributed by atoms with E-state index in [1.165, 1.54) is 0 Å². The Bertz CT molecular complexity index is 592. The molecule has 2 rings (SSSR count). The molecule has 1 fully saturated rings. The number of rotatable bonds is 9. The number of benzene rings is 1. The van der Waals surface area contributed by atoms with Crippen LogP contribution in [0.2, 0.25) is 0 Å². The second-order valence-electron chi connectivity index (χ2n) is 6.83. The quantitative estimate of drug-likeness (QED) is 0.614. The summed E-state index contributed by atoms with van der Waals surface area (Å²) in [5, 5.41) is 12.3. The fourth-order valence-electron chi connectivity index (χ4n) is 2.51. The molecule has 1 aromatic carbocycles. The summed E-state index contributed by atoms with van der Waals surface area (Å²) in [7, 11) is 0. The SMILES string of the molecule is CSCC[C@H](CO)NC(=O)C(C)(C)Oc1ccc(C2CC2(Cl)Cl)cc1. The smallest absolute Gasteiger partial charge is 0.263 e. The van der Waals surface area contributed by atoms with Crippen LogP contribution in [0.4, 0.5) is 0 Å². The van der Waals surface area contributed by atoms with Gasteiger partial charge in [-0.15, -0.1) is 23.2 Å². The monoisotopic (exact) mass is 405 g/mol. The summed E-state index contributed by atoms with van der Waals surface area (Å²) in [6.07, 6.45) is 3.46. The van der Waals surface area contributed by atoms with Gasteiger partial charge in [-0.25, -0.2) is 0 Å². The number of carbonyl (C=O) groups excluding carboxylic acids is 1. The van der Waals surface area contributed by atoms with Gasteiger partial charge in [-0.1, -0.05) is 12.1 Å². The van der Waals surface area contributed by atoms with Gasteiger partial charge in [0.05, 0.1) is 12.6 Å². The van der Waals surface area contributed by atoms with Crippen molar-refractivity contribution in [2.24, 2.45) is 0 Å². The summed E-state index contributed by atoms with van der Waals surface area (Å²) in [5.41, 5.74) is 0.0216. The highest BCUT2D eigenvalue weighted by Crippen LogP contribution is 2.59. The van der Waals surface area contributed by atoms with Crippen LogP contribution in [-0.4, -0.2) is 45.6 Å².